The molecule has 0 fully saturated rings. The lowest BCUT2D eigenvalue weighted by atomic mass is 10.1. The van der Waals surface area contributed by atoms with Crippen molar-refractivity contribution >= 4 is 11.8 Å². The average molecular weight is 251 g/mol. The lowest BCUT2D eigenvalue weighted by Gasteiger charge is -2.13. The number of hydrogen-bond donors (Lipinski definition) is 0. The Kier molecular flexibility index (Phi) is 2.67. The average Bonchev–Trinajstić information content (AvgIpc) is 2.65. The van der Waals surface area contributed by atoms with E-state index in [2.05, 4.69) is 0 Å². The van der Waals surface area contributed by atoms with Crippen molar-refractivity contribution in [2.75, 3.05) is 0 Å². The van der Waals surface area contributed by atoms with Crippen LogP contribution < -0.4 is 0 Å². The molecule has 94 valence electrons. The first-order chi connectivity index (χ1) is 9.16. The van der Waals surface area contributed by atoms with Crippen LogP contribution in [0.25, 0.3) is 0 Å². The number of carbonyl (C=O) groups is 2. The SMILES string of the molecule is Cc1ccc2c(c1)C(=O)N(Cc1ccccc1)C2=O. The fourth-order valence-corrected chi connectivity index (χ4v) is 2.31. The molecule has 1 aliphatic rings. The molecular formula is C16H13NO2. The van der Waals surface area contributed by atoms with E-state index in [1.54, 1.807) is 12.1 Å². The Hall–Kier alpha value is -2.42. The highest BCUT2D eigenvalue weighted by Crippen LogP contribution is 2.25. The van der Waals surface area contributed by atoms with Crippen LogP contribution in [-0.4, -0.2) is 16.7 Å². The van der Waals surface area contributed by atoms with E-state index in [0.29, 0.717) is 17.7 Å². The van der Waals surface area contributed by atoms with E-state index >= 15 is 0 Å². The second kappa shape index (κ2) is 4.35. The van der Waals surface area contributed by atoms with E-state index in [1.165, 1.54) is 4.90 Å². The first-order valence-electron chi connectivity index (χ1n) is 6.17. The summed E-state index contributed by atoms with van der Waals surface area (Å²) in [5.41, 5.74) is 2.96. The summed E-state index contributed by atoms with van der Waals surface area (Å²) >= 11 is 0. The number of nitrogens with zero attached hydrogens (tertiary/aromatic N) is 1. The zero-order valence-corrected chi connectivity index (χ0v) is 10.6. The van der Waals surface area contributed by atoms with Crippen LogP contribution in [0, 0.1) is 6.92 Å². The van der Waals surface area contributed by atoms with Crippen LogP contribution in [0.5, 0.6) is 0 Å². The first-order valence-corrected chi connectivity index (χ1v) is 6.17. The summed E-state index contributed by atoms with van der Waals surface area (Å²) in [4.78, 5) is 25.8. The van der Waals surface area contributed by atoms with Gasteiger partial charge in [0.15, 0.2) is 0 Å². The number of carbonyl (C=O) groups excluding carboxylic acids is 2. The van der Waals surface area contributed by atoms with Gasteiger partial charge < -0.3 is 0 Å². The van der Waals surface area contributed by atoms with Gasteiger partial charge in [-0.1, -0.05) is 42.0 Å². The van der Waals surface area contributed by atoms with Gasteiger partial charge in [0.1, 0.15) is 0 Å². The quantitative estimate of drug-likeness (QED) is 0.770. The summed E-state index contributed by atoms with van der Waals surface area (Å²) in [7, 11) is 0. The molecule has 3 heteroatoms. The third-order valence-electron chi connectivity index (χ3n) is 3.31. The van der Waals surface area contributed by atoms with Gasteiger partial charge >= 0.3 is 0 Å². The fraction of sp³-hybridized carbons (Fsp3) is 0.125. The molecule has 0 bridgehead atoms. The van der Waals surface area contributed by atoms with Crippen LogP contribution in [0.15, 0.2) is 48.5 Å². The largest absolute Gasteiger partial charge is 0.270 e. The molecule has 0 aliphatic carbocycles. The van der Waals surface area contributed by atoms with E-state index in [0.717, 1.165) is 11.1 Å². The molecule has 0 radical (unpaired) electrons. The van der Waals surface area contributed by atoms with Gasteiger partial charge in [-0.05, 0) is 24.6 Å². The van der Waals surface area contributed by atoms with Gasteiger partial charge in [-0.3, -0.25) is 14.5 Å². The lowest BCUT2D eigenvalue weighted by Crippen LogP contribution is -2.29. The van der Waals surface area contributed by atoms with Crippen molar-refractivity contribution in [2.24, 2.45) is 0 Å². The minimum Gasteiger partial charge on any atom is -0.270 e. The first kappa shape index (κ1) is 11.7. The topological polar surface area (TPSA) is 37.4 Å². The predicted molar refractivity (Wildman–Crippen MR) is 71.8 cm³/mol. The van der Waals surface area contributed by atoms with E-state index in [1.807, 2.05) is 43.3 Å². The van der Waals surface area contributed by atoms with Crippen LogP contribution in [0.1, 0.15) is 31.8 Å². The molecule has 0 spiro atoms. The number of amides is 2. The van der Waals surface area contributed by atoms with Gasteiger partial charge in [-0.2, -0.15) is 0 Å². The van der Waals surface area contributed by atoms with E-state index in [-0.39, 0.29) is 11.8 Å². The molecule has 0 unspecified atom stereocenters. The highest BCUT2D eigenvalue weighted by atomic mass is 16.2. The van der Waals surface area contributed by atoms with Gasteiger partial charge in [-0.25, -0.2) is 0 Å². The molecular weight excluding hydrogens is 238 g/mol. The van der Waals surface area contributed by atoms with Crippen molar-refractivity contribution < 1.29 is 9.59 Å². The van der Waals surface area contributed by atoms with Gasteiger partial charge in [0.25, 0.3) is 11.8 Å². The second-order valence-electron chi connectivity index (χ2n) is 4.73. The number of hydrogen-bond acceptors (Lipinski definition) is 2. The minimum absolute atomic E-state index is 0.201. The molecule has 2 aromatic rings. The molecule has 0 saturated heterocycles. The van der Waals surface area contributed by atoms with Gasteiger partial charge in [0, 0.05) is 0 Å². The van der Waals surface area contributed by atoms with Gasteiger partial charge in [0.2, 0.25) is 0 Å². The Morgan fingerprint density at radius 1 is 0.895 bits per heavy atom. The molecule has 1 aliphatic heterocycles. The van der Waals surface area contributed by atoms with Crippen molar-refractivity contribution in [3.63, 3.8) is 0 Å². The summed E-state index contributed by atoms with van der Waals surface area (Å²) in [5.74, 6) is -0.406. The summed E-state index contributed by atoms with van der Waals surface area (Å²) < 4.78 is 0. The molecule has 2 aromatic carbocycles. The molecule has 0 N–H and O–H groups in total. The van der Waals surface area contributed by atoms with Crippen molar-refractivity contribution in [2.45, 2.75) is 13.5 Å². The van der Waals surface area contributed by atoms with Gasteiger partial charge in [-0.15, -0.1) is 0 Å². The van der Waals surface area contributed by atoms with E-state index in [4.69, 9.17) is 0 Å². The Bertz CT molecular complexity index is 662. The van der Waals surface area contributed by atoms with Crippen LogP contribution in [0.4, 0.5) is 0 Å². The Morgan fingerprint density at radius 3 is 2.32 bits per heavy atom. The zero-order valence-electron chi connectivity index (χ0n) is 10.6. The number of rotatable bonds is 2. The number of fused-ring (bicyclic) bond motifs is 1. The maximum atomic E-state index is 12.3. The normalized spacial score (nSPS) is 13.8. The summed E-state index contributed by atoms with van der Waals surface area (Å²) in [6, 6.07) is 14.9. The predicted octanol–water partition coefficient (Wildman–Crippen LogP) is 2.79. The van der Waals surface area contributed by atoms with Crippen LogP contribution in [0.3, 0.4) is 0 Å². The molecule has 3 nitrogen and oxygen atoms in total. The molecule has 19 heavy (non-hydrogen) atoms. The lowest BCUT2D eigenvalue weighted by molar-refractivity contribution is 0.0642. The number of imide groups is 1. The zero-order chi connectivity index (χ0) is 13.4. The summed E-state index contributed by atoms with van der Waals surface area (Å²) in [6.07, 6.45) is 0. The third kappa shape index (κ3) is 1.93. The molecule has 2 amide bonds. The summed E-state index contributed by atoms with van der Waals surface area (Å²) in [6.45, 7) is 2.24. The van der Waals surface area contributed by atoms with Crippen LogP contribution in [-0.2, 0) is 6.54 Å². The van der Waals surface area contributed by atoms with Gasteiger partial charge in [0.05, 0.1) is 17.7 Å². The third-order valence-corrected chi connectivity index (χ3v) is 3.31. The van der Waals surface area contributed by atoms with Crippen molar-refractivity contribution in [3.05, 3.63) is 70.8 Å². The molecule has 0 aromatic heterocycles. The maximum absolute atomic E-state index is 12.3. The molecule has 0 atom stereocenters. The summed E-state index contributed by atoms with van der Waals surface area (Å²) in [5, 5.41) is 0. The maximum Gasteiger partial charge on any atom is 0.261 e. The molecule has 1 heterocycles. The molecule has 0 saturated carbocycles. The number of benzene rings is 2. The second-order valence-corrected chi connectivity index (χ2v) is 4.73. The highest BCUT2D eigenvalue weighted by molar-refractivity contribution is 6.21. The van der Waals surface area contributed by atoms with Crippen molar-refractivity contribution in [3.8, 4) is 0 Å². The minimum atomic E-state index is -0.205. The van der Waals surface area contributed by atoms with E-state index in [9.17, 15) is 9.59 Å². The monoisotopic (exact) mass is 251 g/mol. The fourth-order valence-electron chi connectivity index (χ4n) is 2.31. The van der Waals surface area contributed by atoms with Crippen molar-refractivity contribution in [1.82, 2.24) is 4.90 Å². The Morgan fingerprint density at radius 2 is 1.58 bits per heavy atom. The highest BCUT2D eigenvalue weighted by Gasteiger charge is 2.35. The van der Waals surface area contributed by atoms with Crippen LogP contribution in [0.2, 0.25) is 0 Å². The van der Waals surface area contributed by atoms with E-state index < -0.39 is 0 Å². The standard InChI is InChI=1S/C16H13NO2/c1-11-7-8-13-14(9-11)16(19)17(15(13)18)10-12-5-3-2-4-6-12/h2-9H,10H2,1H3. The molecule has 3 rings (SSSR count). The smallest absolute Gasteiger partial charge is 0.261 e. The number of aryl methyl sites for hydroxylation is 1. The Labute approximate surface area is 111 Å². The Balaban J connectivity index is 1.95. The van der Waals surface area contributed by atoms with Crippen molar-refractivity contribution in [1.29, 1.82) is 0 Å². The van der Waals surface area contributed by atoms with Crippen LogP contribution >= 0.6 is 0 Å².